The minimum Gasteiger partial charge on any atom is -0.497 e. The lowest BCUT2D eigenvalue weighted by Gasteiger charge is -2.16. The van der Waals surface area contributed by atoms with E-state index in [0.717, 1.165) is 33.8 Å². The van der Waals surface area contributed by atoms with Crippen LogP contribution in [0.2, 0.25) is 0 Å². The number of carbonyl (C=O) groups is 1. The molecule has 0 saturated carbocycles. The van der Waals surface area contributed by atoms with Crippen molar-refractivity contribution in [3.63, 3.8) is 0 Å². The molecule has 0 aliphatic rings. The topological polar surface area (TPSA) is 75.0 Å². The van der Waals surface area contributed by atoms with Crippen LogP contribution in [-0.4, -0.2) is 23.3 Å². The molecule has 0 aliphatic carbocycles. The van der Waals surface area contributed by atoms with Gasteiger partial charge in [-0.25, -0.2) is 4.98 Å². The van der Waals surface area contributed by atoms with E-state index in [1.807, 2.05) is 97.9 Å². The number of hydrogen-bond acceptors (Lipinski definition) is 5. The van der Waals surface area contributed by atoms with Gasteiger partial charge < -0.3 is 10.1 Å². The van der Waals surface area contributed by atoms with Gasteiger partial charge in [-0.3, -0.25) is 4.79 Å². The summed E-state index contributed by atoms with van der Waals surface area (Å²) < 4.78 is 5.28. The second-order valence-electron chi connectivity index (χ2n) is 7.56. The molecule has 1 amide bonds. The Morgan fingerprint density at radius 1 is 0.971 bits per heavy atom. The van der Waals surface area contributed by atoms with Gasteiger partial charge in [-0.05, 0) is 42.8 Å². The quantitative estimate of drug-likeness (QED) is 0.319. The minimum absolute atomic E-state index is 0.155. The van der Waals surface area contributed by atoms with E-state index in [9.17, 15) is 10.1 Å². The van der Waals surface area contributed by atoms with Crippen molar-refractivity contribution in [3.05, 3.63) is 96.6 Å². The maximum Gasteiger partial charge on any atom is 0.237 e. The molecule has 1 atom stereocenters. The lowest BCUT2D eigenvalue weighted by molar-refractivity contribution is -0.115. The van der Waals surface area contributed by atoms with Crippen molar-refractivity contribution in [3.8, 4) is 34.2 Å². The van der Waals surface area contributed by atoms with Crippen LogP contribution in [0.3, 0.4) is 0 Å². The number of anilines is 1. The summed E-state index contributed by atoms with van der Waals surface area (Å²) in [6.45, 7) is 1.81. The first kappa shape index (κ1) is 23.1. The monoisotopic (exact) mass is 465 g/mol. The normalized spacial score (nSPS) is 11.3. The van der Waals surface area contributed by atoms with E-state index in [1.165, 1.54) is 11.8 Å². The third kappa shape index (κ3) is 5.28. The predicted molar refractivity (Wildman–Crippen MR) is 137 cm³/mol. The highest BCUT2D eigenvalue weighted by Gasteiger charge is 2.21. The van der Waals surface area contributed by atoms with Crippen LogP contribution in [0.25, 0.3) is 22.4 Å². The minimum atomic E-state index is -0.463. The second kappa shape index (κ2) is 10.7. The number of methoxy groups -OCH3 is 1. The zero-order valence-electron chi connectivity index (χ0n) is 18.9. The van der Waals surface area contributed by atoms with Crippen molar-refractivity contribution >= 4 is 23.4 Å². The summed E-state index contributed by atoms with van der Waals surface area (Å²) >= 11 is 1.28. The number of para-hydroxylation sites is 1. The molecule has 0 unspecified atom stereocenters. The first-order valence-electron chi connectivity index (χ1n) is 10.8. The number of benzene rings is 3. The van der Waals surface area contributed by atoms with Gasteiger partial charge >= 0.3 is 0 Å². The summed E-state index contributed by atoms with van der Waals surface area (Å²) in [7, 11) is 1.62. The molecular weight excluding hydrogens is 442 g/mol. The van der Waals surface area contributed by atoms with E-state index in [0.29, 0.717) is 10.6 Å². The fourth-order valence-corrected chi connectivity index (χ4v) is 4.38. The van der Waals surface area contributed by atoms with Crippen molar-refractivity contribution in [2.45, 2.75) is 17.2 Å². The Balaban J connectivity index is 1.74. The molecule has 4 rings (SSSR count). The van der Waals surface area contributed by atoms with E-state index >= 15 is 0 Å². The number of ether oxygens (including phenoxy) is 1. The van der Waals surface area contributed by atoms with E-state index < -0.39 is 5.25 Å². The Labute approximate surface area is 203 Å². The molecule has 0 radical (unpaired) electrons. The van der Waals surface area contributed by atoms with Gasteiger partial charge in [0.15, 0.2) is 0 Å². The molecule has 168 valence electrons. The zero-order chi connectivity index (χ0) is 23.9. The van der Waals surface area contributed by atoms with Crippen LogP contribution in [0.15, 0.2) is 96.0 Å². The molecule has 0 bridgehead atoms. The van der Waals surface area contributed by atoms with E-state index in [4.69, 9.17) is 9.72 Å². The Hall–Kier alpha value is -4.08. The highest BCUT2D eigenvalue weighted by Crippen LogP contribution is 2.36. The van der Waals surface area contributed by atoms with Crippen molar-refractivity contribution in [1.82, 2.24) is 4.98 Å². The standard InChI is InChI=1S/C28H23N3O2S/c1-19(27(32)30-22-11-7-4-8-12-22)34-28-25(18-29)24(20-13-15-23(33-2)16-14-20)17-26(31-28)21-9-5-3-6-10-21/h3-17,19H,1-2H3,(H,30,32)/t19-/m1/s1. The smallest absolute Gasteiger partial charge is 0.237 e. The maximum absolute atomic E-state index is 12.8. The van der Waals surface area contributed by atoms with Gasteiger partial charge in [-0.1, -0.05) is 72.4 Å². The van der Waals surface area contributed by atoms with Gasteiger partial charge in [0, 0.05) is 16.8 Å². The second-order valence-corrected chi connectivity index (χ2v) is 8.89. The largest absolute Gasteiger partial charge is 0.497 e. The number of rotatable bonds is 7. The van der Waals surface area contributed by atoms with Crippen LogP contribution in [0.1, 0.15) is 12.5 Å². The number of pyridine rings is 1. The average molecular weight is 466 g/mol. The fourth-order valence-electron chi connectivity index (χ4n) is 3.46. The molecule has 5 nitrogen and oxygen atoms in total. The van der Waals surface area contributed by atoms with Crippen LogP contribution >= 0.6 is 11.8 Å². The van der Waals surface area contributed by atoms with Gasteiger partial charge in [0.25, 0.3) is 0 Å². The molecule has 1 heterocycles. The molecule has 1 aromatic heterocycles. The van der Waals surface area contributed by atoms with Crippen molar-refractivity contribution in [2.24, 2.45) is 0 Å². The van der Waals surface area contributed by atoms with Crippen LogP contribution in [0.5, 0.6) is 5.75 Å². The summed E-state index contributed by atoms with van der Waals surface area (Å²) in [6.07, 6.45) is 0. The summed E-state index contributed by atoms with van der Waals surface area (Å²) in [4.78, 5) is 17.6. The molecule has 0 saturated heterocycles. The Kier molecular flexibility index (Phi) is 7.26. The van der Waals surface area contributed by atoms with Crippen molar-refractivity contribution < 1.29 is 9.53 Å². The highest BCUT2D eigenvalue weighted by molar-refractivity contribution is 8.00. The molecule has 0 fully saturated rings. The van der Waals surface area contributed by atoms with E-state index in [-0.39, 0.29) is 5.91 Å². The number of nitrogens with zero attached hydrogens (tertiary/aromatic N) is 2. The Bertz CT molecular complexity index is 1320. The molecule has 0 aliphatic heterocycles. The highest BCUT2D eigenvalue weighted by atomic mass is 32.2. The molecule has 1 N–H and O–H groups in total. The van der Waals surface area contributed by atoms with Crippen LogP contribution < -0.4 is 10.1 Å². The molecule has 34 heavy (non-hydrogen) atoms. The summed E-state index contributed by atoms with van der Waals surface area (Å²) in [5.74, 6) is 0.582. The number of hydrogen-bond donors (Lipinski definition) is 1. The number of nitriles is 1. The zero-order valence-corrected chi connectivity index (χ0v) is 19.7. The van der Waals surface area contributed by atoms with Gasteiger partial charge in [0.2, 0.25) is 5.91 Å². The fraction of sp³-hybridized carbons (Fsp3) is 0.107. The Morgan fingerprint density at radius 2 is 1.62 bits per heavy atom. The first-order chi connectivity index (χ1) is 16.6. The number of carbonyl (C=O) groups excluding carboxylic acids is 1. The number of amides is 1. The number of thioether (sulfide) groups is 1. The summed E-state index contributed by atoms with van der Waals surface area (Å²) in [5, 5.41) is 13.1. The molecule has 4 aromatic rings. The van der Waals surface area contributed by atoms with Crippen LogP contribution in [0.4, 0.5) is 5.69 Å². The Morgan fingerprint density at radius 3 is 2.24 bits per heavy atom. The average Bonchev–Trinajstić information content (AvgIpc) is 2.89. The van der Waals surface area contributed by atoms with Gasteiger partial charge in [-0.2, -0.15) is 5.26 Å². The maximum atomic E-state index is 12.8. The van der Waals surface area contributed by atoms with Crippen molar-refractivity contribution in [2.75, 3.05) is 12.4 Å². The van der Waals surface area contributed by atoms with E-state index in [1.54, 1.807) is 7.11 Å². The lowest BCUT2D eigenvalue weighted by Crippen LogP contribution is -2.22. The predicted octanol–water partition coefficient (Wildman–Crippen LogP) is 6.42. The SMILES string of the molecule is COc1ccc(-c2cc(-c3ccccc3)nc(S[C@H](C)C(=O)Nc3ccccc3)c2C#N)cc1. The number of aromatic nitrogens is 1. The van der Waals surface area contributed by atoms with E-state index in [2.05, 4.69) is 11.4 Å². The van der Waals surface area contributed by atoms with Crippen LogP contribution in [0, 0.1) is 11.3 Å². The van der Waals surface area contributed by atoms with Crippen molar-refractivity contribution in [1.29, 1.82) is 5.26 Å². The molecule has 6 heteroatoms. The third-order valence-corrected chi connectivity index (χ3v) is 6.35. The summed E-state index contributed by atoms with van der Waals surface area (Å²) in [6, 6.07) is 30.9. The lowest BCUT2D eigenvalue weighted by atomic mass is 9.99. The van der Waals surface area contributed by atoms with Crippen LogP contribution in [-0.2, 0) is 4.79 Å². The first-order valence-corrected chi connectivity index (χ1v) is 11.6. The van der Waals surface area contributed by atoms with Gasteiger partial charge in [-0.15, -0.1) is 0 Å². The van der Waals surface area contributed by atoms with Gasteiger partial charge in [0.1, 0.15) is 16.8 Å². The number of nitrogens with one attached hydrogen (secondary N) is 1. The third-order valence-electron chi connectivity index (χ3n) is 5.27. The molecular formula is C28H23N3O2S. The molecule has 0 spiro atoms. The van der Waals surface area contributed by atoms with Gasteiger partial charge in [0.05, 0.1) is 23.6 Å². The molecule has 3 aromatic carbocycles. The summed E-state index contributed by atoms with van der Waals surface area (Å²) in [5.41, 5.74) is 4.48.